The lowest BCUT2D eigenvalue weighted by Crippen LogP contribution is -2.07. The second-order valence-corrected chi connectivity index (χ2v) is 3.20. The maximum atomic E-state index is 10.9. The molecule has 4 nitrogen and oxygen atoms in total. The summed E-state index contributed by atoms with van der Waals surface area (Å²) in [6, 6.07) is 5.21. The van der Waals surface area contributed by atoms with E-state index in [0.29, 0.717) is 11.5 Å². The lowest BCUT2D eigenvalue weighted by molar-refractivity contribution is -0.138. The van der Waals surface area contributed by atoms with Crippen molar-refractivity contribution >= 4 is 5.97 Å². The first kappa shape index (κ1) is 11.4. The quantitative estimate of drug-likeness (QED) is 0.699. The summed E-state index contributed by atoms with van der Waals surface area (Å²) in [5.41, 5.74) is 0.757. The monoisotopic (exact) mass is 211 g/mol. The number of carbonyl (C=O) groups is 1. The second kappa shape index (κ2) is 4.68. The van der Waals surface area contributed by atoms with E-state index in [1.54, 1.807) is 32.2 Å². The molecule has 82 valence electrons. The molecule has 0 saturated carbocycles. The highest BCUT2D eigenvalue weighted by molar-refractivity contribution is 5.75. The average molecular weight is 211 g/mol. The molecule has 1 aromatic rings. The molecule has 0 bridgehead atoms. The van der Waals surface area contributed by atoms with Gasteiger partial charge in [-0.15, -0.1) is 0 Å². The van der Waals surface area contributed by atoms with Crippen LogP contribution in [0.15, 0.2) is 18.2 Å². The van der Waals surface area contributed by atoms with Gasteiger partial charge in [0.05, 0.1) is 14.2 Å². The summed E-state index contributed by atoms with van der Waals surface area (Å²) in [5.74, 6) is 0.140. The highest BCUT2D eigenvalue weighted by atomic mass is 16.5. The first-order valence-corrected chi connectivity index (χ1v) is 4.57. The molecule has 0 amide bonds. The predicted octanol–water partition coefficient (Wildman–Crippen LogP) is 1.06. The van der Waals surface area contributed by atoms with E-state index < -0.39 is 11.9 Å². The van der Waals surface area contributed by atoms with Gasteiger partial charge in [0, 0.05) is 4.79 Å². The van der Waals surface area contributed by atoms with Crippen molar-refractivity contribution in [3.05, 3.63) is 23.8 Å². The molecule has 1 atom stereocenters. The van der Waals surface area contributed by atoms with Gasteiger partial charge in [-0.2, -0.15) is 0 Å². The van der Waals surface area contributed by atoms with Crippen molar-refractivity contribution in [2.45, 2.75) is 12.8 Å². The Kier molecular flexibility index (Phi) is 3.55. The fraction of sp³-hybridized carbons (Fsp3) is 0.364. The van der Waals surface area contributed by atoms with Gasteiger partial charge in [0.15, 0.2) is 11.5 Å². The molecule has 0 aliphatic heterocycles. The SMILES string of the molecule is COc1ccc(C(C)C(=O)[OH2+])cc1OC. The number of hydrogen-bond donors (Lipinski definition) is 0. The minimum absolute atomic E-state index is 0.440. The standard InChI is InChI=1S/C11H14O4/c1-7(11(12)13)8-4-5-9(14-2)10(6-8)15-3/h4-7H,1-3H3,(H,12,13)/p+1. The Balaban J connectivity index is 3.07. The molecule has 1 aromatic carbocycles. The van der Waals surface area contributed by atoms with Crippen LogP contribution in [0.1, 0.15) is 18.4 Å². The largest absolute Gasteiger partial charge is 0.564 e. The Labute approximate surface area is 88.4 Å². The normalized spacial score (nSPS) is 11.9. The molecule has 0 heterocycles. The Morgan fingerprint density at radius 2 is 1.87 bits per heavy atom. The summed E-state index contributed by atoms with van der Waals surface area (Å²) in [7, 11) is 3.09. The minimum atomic E-state index is -0.609. The van der Waals surface area contributed by atoms with Crippen molar-refractivity contribution in [1.29, 1.82) is 0 Å². The third kappa shape index (κ3) is 2.40. The van der Waals surface area contributed by atoms with E-state index in [-0.39, 0.29) is 0 Å². The molecule has 0 fully saturated rings. The Hall–Kier alpha value is -1.71. The van der Waals surface area contributed by atoms with Crippen LogP contribution in [-0.2, 0) is 4.79 Å². The molecule has 15 heavy (non-hydrogen) atoms. The minimum Gasteiger partial charge on any atom is -0.564 e. The van der Waals surface area contributed by atoms with Gasteiger partial charge in [0.2, 0.25) is 0 Å². The first-order valence-electron chi connectivity index (χ1n) is 4.57. The lowest BCUT2D eigenvalue weighted by Gasteiger charge is -2.10. The second-order valence-electron chi connectivity index (χ2n) is 3.20. The zero-order valence-electron chi connectivity index (χ0n) is 9.03. The van der Waals surface area contributed by atoms with Crippen LogP contribution in [-0.4, -0.2) is 25.3 Å². The van der Waals surface area contributed by atoms with Gasteiger partial charge >= 0.3 is 5.97 Å². The third-order valence-electron chi connectivity index (χ3n) is 2.30. The summed E-state index contributed by atoms with van der Waals surface area (Å²) >= 11 is 0. The van der Waals surface area contributed by atoms with Crippen molar-refractivity contribution in [2.24, 2.45) is 0 Å². The summed E-state index contributed by atoms with van der Waals surface area (Å²) in [5, 5.41) is 7.04. The van der Waals surface area contributed by atoms with Crippen LogP contribution in [0.4, 0.5) is 0 Å². The lowest BCUT2D eigenvalue weighted by atomic mass is 10.0. The van der Waals surface area contributed by atoms with Gasteiger partial charge in [-0.25, -0.2) is 0 Å². The predicted molar refractivity (Wildman–Crippen MR) is 56.6 cm³/mol. The van der Waals surface area contributed by atoms with E-state index in [1.165, 1.54) is 7.11 Å². The van der Waals surface area contributed by atoms with Gasteiger partial charge in [0.1, 0.15) is 5.92 Å². The summed E-state index contributed by atoms with van der Waals surface area (Å²) in [6.07, 6.45) is 0. The molecular formula is C11H15O4+. The average Bonchev–Trinajstić information content (AvgIpc) is 2.26. The number of ether oxygens (including phenoxy) is 2. The third-order valence-corrected chi connectivity index (χ3v) is 2.30. The van der Waals surface area contributed by atoms with E-state index in [1.807, 2.05) is 0 Å². The van der Waals surface area contributed by atoms with Gasteiger partial charge in [-0.1, -0.05) is 6.07 Å². The van der Waals surface area contributed by atoms with Crippen molar-refractivity contribution in [1.82, 2.24) is 0 Å². The number of benzene rings is 1. The van der Waals surface area contributed by atoms with Gasteiger partial charge in [0.25, 0.3) is 0 Å². The van der Waals surface area contributed by atoms with Crippen LogP contribution >= 0.6 is 0 Å². The van der Waals surface area contributed by atoms with Crippen LogP contribution in [0.2, 0.25) is 0 Å². The van der Waals surface area contributed by atoms with Crippen LogP contribution in [0.25, 0.3) is 0 Å². The zero-order valence-corrected chi connectivity index (χ0v) is 9.03. The van der Waals surface area contributed by atoms with Crippen molar-refractivity contribution in [3.63, 3.8) is 0 Å². The topological polar surface area (TPSA) is 58.4 Å². The number of rotatable bonds is 4. The van der Waals surface area contributed by atoms with E-state index in [2.05, 4.69) is 0 Å². The fourth-order valence-corrected chi connectivity index (χ4v) is 1.27. The molecule has 4 heteroatoms. The molecule has 0 saturated heterocycles. The van der Waals surface area contributed by atoms with Crippen molar-refractivity contribution in [3.8, 4) is 11.5 Å². The molecule has 0 radical (unpaired) electrons. The number of methoxy groups -OCH3 is 2. The number of carbonyl (C=O) groups excluding carboxylic acids is 1. The molecular weight excluding hydrogens is 196 g/mol. The summed E-state index contributed by atoms with van der Waals surface area (Å²) in [4.78, 5) is 10.9. The maximum absolute atomic E-state index is 10.9. The Bertz CT molecular complexity index is 360. The van der Waals surface area contributed by atoms with Gasteiger partial charge < -0.3 is 14.6 Å². The van der Waals surface area contributed by atoms with Gasteiger partial charge in [-0.3, -0.25) is 0 Å². The smallest absolute Gasteiger partial charge is 0.523 e. The van der Waals surface area contributed by atoms with Crippen molar-refractivity contribution in [2.75, 3.05) is 14.2 Å². The fourth-order valence-electron chi connectivity index (χ4n) is 1.27. The molecule has 0 aromatic heterocycles. The first-order chi connectivity index (χ1) is 7.10. The zero-order chi connectivity index (χ0) is 11.4. The van der Waals surface area contributed by atoms with E-state index in [9.17, 15) is 4.79 Å². The van der Waals surface area contributed by atoms with Crippen molar-refractivity contribution < 1.29 is 19.4 Å². The van der Waals surface area contributed by atoms with Crippen LogP contribution in [0.3, 0.4) is 0 Å². The molecule has 0 aliphatic rings. The van der Waals surface area contributed by atoms with E-state index in [0.717, 1.165) is 5.56 Å². The van der Waals surface area contributed by atoms with Crippen LogP contribution in [0, 0.1) is 0 Å². The molecule has 2 N–H and O–H groups in total. The highest BCUT2D eigenvalue weighted by Crippen LogP contribution is 2.30. The van der Waals surface area contributed by atoms with E-state index >= 15 is 0 Å². The Morgan fingerprint density at radius 1 is 1.27 bits per heavy atom. The molecule has 1 rings (SSSR count). The summed E-state index contributed by atoms with van der Waals surface area (Å²) < 4.78 is 10.2. The molecule has 1 unspecified atom stereocenters. The van der Waals surface area contributed by atoms with Gasteiger partial charge in [-0.05, 0) is 24.6 Å². The van der Waals surface area contributed by atoms with E-state index in [4.69, 9.17) is 14.6 Å². The van der Waals surface area contributed by atoms with Crippen LogP contribution < -0.4 is 9.47 Å². The molecule has 0 aliphatic carbocycles. The van der Waals surface area contributed by atoms with Crippen LogP contribution in [0.5, 0.6) is 11.5 Å². The maximum Gasteiger partial charge on any atom is 0.523 e. The highest BCUT2D eigenvalue weighted by Gasteiger charge is 2.22. The Morgan fingerprint density at radius 3 is 2.33 bits per heavy atom. The summed E-state index contributed by atoms with van der Waals surface area (Å²) in [6.45, 7) is 1.69. The number of hydrogen-bond acceptors (Lipinski definition) is 3. The molecule has 0 spiro atoms.